The summed E-state index contributed by atoms with van der Waals surface area (Å²) in [6, 6.07) is 2.62. The van der Waals surface area contributed by atoms with Crippen molar-refractivity contribution in [3.63, 3.8) is 0 Å². The molecule has 0 amide bonds. The Balaban J connectivity index is 1.70. The molecule has 3 rings (SSSR count). The third-order valence-electron chi connectivity index (χ3n) is 4.14. The van der Waals surface area contributed by atoms with Crippen molar-refractivity contribution in [2.45, 2.75) is 59.2 Å². The molecule has 0 bridgehead atoms. The summed E-state index contributed by atoms with van der Waals surface area (Å²) in [6.07, 6.45) is 3.72. The summed E-state index contributed by atoms with van der Waals surface area (Å²) < 4.78 is 7.39. The van der Waals surface area contributed by atoms with Crippen molar-refractivity contribution in [2.24, 2.45) is 0 Å². The van der Waals surface area contributed by atoms with E-state index >= 15 is 0 Å². The zero-order chi connectivity index (χ0) is 14.8. The van der Waals surface area contributed by atoms with Crippen LogP contribution in [-0.2, 0) is 13.1 Å². The lowest BCUT2D eigenvalue weighted by Gasteiger charge is -2.34. The summed E-state index contributed by atoms with van der Waals surface area (Å²) >= 11 is 0. The SMILES string of the molecule is Cc1cc(C)n(C[C@H]2CCCCN2Cc2nc(C)no2)n1. The first kappa shape index (κ1) is 14.3. The van der Waals surface area contributed by atoms with Gasteiger partial charge in [0.15, 0.2) is 5.82 Å². The Morgan fingerprint density at radius 1 is 1.29 bits per heavy atom. The molecule has 21 heavy (non-hydrogen) atoms. The van der Waals surface area contributed by atoms with E-state index in [4.69, 9.17) is 4.52 Å². The van der Waals surface area contributed by atoms with Crippen molar-refractivity contribution in [1.29, 1.82) is 0 Å². The van der Waals surface area contributed by atoms with Crippen LogP contribution < -0.4 is 0 Å². The maximum atomic E-state index is 5.27. The zero-order valence-electron chi connectivity index (χ0n) is 13.0. The van der Waals surface area contributed by atoms with Gasteiger partial charge in [0.1, 0.15) is 0 Å². The van der Waals surface area contributed by atoms with Crippen molar-refractivity contribution >= 4 is 0 Å². The summed E-state index contributed by atoms with van der Waals surface area (Å²) in [5.74, 6) is 1.42. The first-order chi connectivity index (χ1) is 10.1. The molecular formula is C15H23N5O. The van der Waals surface area contributed by atoms with Crippen LogP contribution in [0.15, 0.2) is 10.6 Å². The molecule has 1 fully saturated rings. The Labute approximate surface area is 125 Å². The van der Waals surface area contributed by atoms with Crippen LogP contribution >= 0.6 is 0 Å². The van der Waals surface area contributed by atoms with E-state index in [9.17, 15) is 0 Å². The number of hydrogen-bond donors (Lipinski definition) is 0. The van der Waals surface area contributed by atoms with Crippen LogP contribution in [0.2, 0.25) is 0 Å². The van der Waals surface area contributed by atoms with Crippen molar-refractivity contribution in [2.75, 3.05) is 6.54 Å². The molecule has 114 valence electrons. The van der Waals surface area contributed by atoms with Crippen LogP contribution in [0.25, 0.3) is 0 Å². The Hall–Kier alpha value is -1.69. The smallest absolute Gasteiger partial charge is 0.240 e. The first-order valence-corrected chi connectivity index (χ1v) is 7.66. The van der Waals surface area contributed by atoms with Crippen LogP contribution in [-0.4, -0.2) is 37.4 Å². The zero-order valence-corrected chi connectivity index (χ0v) is 13.0. The highest BCUT2D eigenvalue weighted by Crippen LogP contribution is 2.21. The van der Waals surface area contributed by atoms with Crippen LogP contribution in [0.5, 0.6) is 0 Å². The van der Waals surface area contributed by atoms with E-state index in [1.807, 2.05) is 13.8 Å². The molecule has 2 aromatic heterocycles. The van der Waals surface area contributed by atoms with Crippen LogP contribution in [0, 0.1) is 20.8 Å². The van der Waals surface area contributed by atoms with Crippen molar-refractivity contribution in [1.82, 2.24) is 24.8 Å². The fourth-order valence-electron chi connectivity index (χ4n) is 3.11. The number of aromatic nitrogens is 4. The molecule has 3 heterocycles. The highest BCUT2D eigenvalue weighted by molar-refractivity contribution is 5.06. The normalized spacial score (nSPS) is 20.0. The largest absolute Gasteiger partial charge is 0.338 e. The highest BCUT2D eigenvalue weighted by Gasteiger charge is 2.25. The number of piperidine rings is 1. The second-order valence-corrected chi connectivity index (χ2v) is 5.96. The summed E-state index contributed by atoms with van der Waals surface area (Å²) in [6.45, 7) is 8.79. The number of rotatable bonds is 4. The van der Waals surface area contributed by atoms with Gasteiger partial charge in [-0.2, -0.15) is 10.1 Å². The van der Waals surface area contributed by atoms with E-state index in [0.29, 0.717) is 17.8 Å². The van der Waals surface area contributed by atoms with Gasteiger partial charge in [0, 0.05) is 11.7 Å². The molecule has 6 heteroatoms. The van der Waals surface area contributed by atoms with Gasteiger partial charge in [-0.15, -0.1) is 0 Å². The summed E-state index contributed by atoms with van der Waals surface area (Å²) in [4.78, 5) is 6.78. The second kappa shape index (κ2) is 5.97. The van der Waals surface area contributed by atoms with Crippen molar-refractivity contribution in [3.8, 4) is 0 Å². The Morgan fingerprint density at radius 2 is 2.14 bits per heavy atom. The van der Waals surface area contributed by atoms with Crippen molar-refractivity contribution in [3.05, 3.63) is 29.2 Å². The van der Waals surface area contributed by atoms with Gasteiger partial charge < -0.3 is 4.52 Å². The fourth-order valence-corrected chi connectivity index (χ4v) is 3.11. The maximum absolute atomic E-state index is 5.27. The van der Waals surface area contributed by atoms with Gasteiger partial charge in [0.05, 0.1) is 18.8 Å². The monoisotopic (exact) mass is 289 g/mol. The topological polar surface area (TPSA) is 60.0 Å². The molecule has 1 aliphatic rings. The van der Waals surface area contributed by atoms with Gasteiger partial charge in [-0.1, -0.05) is 11.6 Å². The second-order valence-electron chi connectivity index (χ2n) is 5.96. The average molecular weight is 289 g/mol. The van der Waals surface area contributed by atoms with E-state index in [0.717, 1.165) is 25.3 Å². The predicted octanol–water partition coefficient (Wildman–Crippen LogP) is 2.25. The highest BCUT2D eigenvalue weighted by atomic mass is 16.5. The predicted molar refractivity (Wildman–Crippen MR) is 78.8 cm³/mol. The molecule has 1 aliphatic heterocycles. The third-order valence-corrected chi connectivity index (χ3v) is 4.14. The summed E-state index contributed by atoms with van der Waals surface area (Å²) in [5.41, 5.74) is 2.31. The van der Waals surface area contributed by atoms with Gasteiger partial charge in [0.2, 0.25) is 5.89 Å². The third kappa shape index (κ3) is 3.32. The molecule has 0 radical (unpaired) electrons. The molecule has 1 saturated heterocycles. The Kier molecular flexibility index (Phi) is 4.05. The molecule has 0 spiro atoms. The van der Waals surface area contributed by atoms with E-state index in [-0.39, 0.29) is 0 Å². The Bertz CT molecular complexity index is 603. The van der Waals surface area contributed by atoms with Crippen LogP contribution in [0.4, 0.5) is 0 Å². The van der Waals surface area contributed by atoms with Gasteiger partial charge in [-0.05, 0) is 46.2 Å². The number of hydrogen-bond acceptors (Lipinski definition) is 5. The standard InChI is InChI=1S/C15H23N5O/c1-11-8-12(2)20(17-11)9-14-6-4-5-7-19(14)10-15-16-13(3)18-21-15/h8,14H,4-7,9-10H2,1-3H3/t14-/m1/s1. The van der Waals surface area contributed by atoms with E-state index in [1.165, 1.54) is 25.0 Å². The lowest BCUT2D eigenvalue weighted by Crippen LogP contribution is -2.42. The summed E-state index contributed by atoms with van der Waals surface area (Å²) in [5, 5.41) is 8.47. The molecule has 2 aromatic rings. The maximum Gasteiger partial charge on any atom is 0.240 e. The Morgan fingerprint density at radius 3 is 2.81 bits per heavy atom. The lowest BCUT2D eigenvalue weighted by molar-refractivity contribution is 0.107. The average Bonchev–Trinajstić information content (AvgIpc) is 2.98. The van der Waals surface area contributed by atoms with Crippen molar-refractivity contribution < 1.29 is 4.52 Å². The summed E-state index contributed by atoms with van der Waals surface area (Å²) in [7, 11) is 0. The number of nitrogens with zero attached hydrogens (tertiary/aromatic N) is 5. The minimum absolute atomic E-state index is 0.490. The quantitative estimate of drug-likeness (QED) is 0.864. The molecule has 0 saturated carbocycles. The van der Waals surface area contributed by atoms with Crippen LogP contribution in [0.3, 0.4) is 0 Å². The van der Waals surface area contributed by atoms with Gasteiger partial charge in [-0.25, -0.2) is 0 Å². The van der Waals surface area contributed by atoms with Gasteiger partial charge in [-0.3, -0.25) is 9.58 Å². The van der Waals surface area contributed by atoms with Crippen LogP contribution in [0.1, 0.15) is 42.4 Å². The minimum atomic E-state index is 0.490. The number of aryl methyl sites for hydroxylation is 3. The van der Waals surface area contributed by atoms with E-state index in [2.05, 4.69) is 37.8 Å². The van der Waals surface area contributed by atoms with Gasteiger partial charge >= 0.3 is 0 Å². The molecule has 0 N–H and O–H groups in total. The lowest BCUT2D eigenvalue weighted by atomic mass is 10.0. The molecule has 1 atom stereocenters. The fraction of sp³-hybridized carbons (Fsp3) is 0.667. The molecular weight excluding hydrogens is 266 g/mol. The minimum Gasteiger partial charge on any atom is -0.338 e. The number of likely N-dealkylation sites (tertiary alicyclic amines) is 1. The van der Waals surface area contributed by atoms with Gasteiger partial charge in [0.25, 0.3) is 0 Å². The van der Waals surface area contributed by atoms with E-state index in [1.54, 1.807) is 0 Å². The molecule has 6 nitrogen and oxygen atoms in total. The molecule has 0 aromatic carbocycles. The first-order valence-electron chi connectivity index (χ1n) is 7.66. The van der Waals surface area contributed by atoms with E-state index < -0.39 is 0 Å². The molecule has 0 unspecified atom stereocenters. The molecule has 0 aliphatic carbocycles.